The van der Waals surface area contributed by atoms with Crippen molar-refractivity contribution in [2.24, 2.45) is 5.92 Å². The van der Waals surface area contributed by atoms with Crippen molar-refractivity contribution < 1.29 is 0 Å². The number of hydrogen-bond donors (Lipinski definition) is 1. The van der Waals surface area contributed by atoms with Crippen LogP contribution in [0.1, 0.15) is 19.3 Å². The van der Waals surface area contributed by atoms with Gasteiger partial charge in [0.2, 0.25) is 0 Å². The van der Waals surface area contributed by atoms with E-state index in [0.29, 0.717) is 0 Å². The average molecular weight is 97.2 g/mol. The van der Waals surface area contributed by atoms with E-state index in [2.05, 4.69) is 5.32 Å². The SMILES string of the molecule is C1CN[C@H]2CC2C1. The minimum atomic E-state index is 0.953. The molecule has 40 valence electrons. The molecule has 1 heterocycles. The Morgan fingerprint density at radius 2 is 2.43 bits per heavy atom. The van der Waals surface area contributed by atoms with Crippen molar-refractivity contribution in [2.45, 2.75) is 25.3 Å². The van der Waals surface area contributed by atoms with Crippen molar-refractivity contribution >= 4 is 0 Å². The Labute approximate surface area is 44.1 Å². The van der Waals surface area contributed by atoms with Crippen molar-refractivity contribution in [3.05, 3.63) is 0 Å². The third-order valence-electron chi connectivity index (χ3n) is 2.08. The fourth-order valence-electron chi connectivity index (χ4n) is 1.47. The highest BCUT2D eigenvalue weighted by Crippen LogP contribution is 2.36. The quantitative estimate of drug-likeness (QED) is 0.470. The summed E-state index contributed by atoms with van der Waals surface area (Å²) >= 11 is 0. The molecule has 2 aliphatic rings. The monoisotopic (exact) mass is 97.1 g/mol. The van der Waals surface area contributed by atoms with Gasteiger partial charge in [-0.25, -0.2) is 0 Å². The van der Waals surface area contributed by atoms with Crippen LogP contribution in [0.25, 0.3) is 0 Å². The van der Waals surface area contributed by atoms with Crippen molar-refractivity contribution in [3.63, 3.8) is 0 Å². The second kappa shape index (κ2) is 1.22. The van der Waals surface area contributed by atoms with Gasteiger partial charge in [-0.2, -0.15) is 0 Å². The molecule has 0 aromatic heterocycles. The van der Waals surface area contributed by atoms with E-state index in [4.69, 9.17) is 0 Å². The lowest BCUT2D eigenvalue weighted by Gasteiger charge is -2.08. The Morgan fingerprint density at radius 1 is 1.43 bits per heavy atom. The number of rotatable bonds is 0. The van der Waals surface area contributed by atoms with Gasteiger partial charge in [-0.1, -0.05) is 0 Å². The smallest absolute Gasteiger partial charge is 0.00991 e. The van der Waals surface area contributed by atoms with Crippen LogP contribution < -0.4 is 5.32 Å². The third kappa shape index (κ3) is 0.556. The molecule has 2 atom stereocenters. The highest BCUT2D eigenvalue weighted by molar-refractivity contribution is 4.95. The molecule has 1 aliphatic heterocycles. The summed E-state index contributed by atoms with van der Waals surface area (Å²) in [6.45, 7) is 1.28. The maximum Gasteiger partial charge on any atom is 0.00991 e. The van der Waals surface area contributed by atoms with E-state index in [-0.39, 0.29) is 0 Å². The molecule has 1 saturated carbocycles. The Bertz CT molecular complexity index is 70.2. The van der Waals surface area contributed by atoms with Gasteiger partial charge >= 0.3 is 0 Å². The van der Waals surface area contributed by atoms with Crippen molar-refractivity contribution in [3.8, 4) is 0 Å². The normalized spacial score (nSPS) is 48.0. The van der Waals surface area contributed by atoms with E-state index >= 15 is 0 Å². The fraction of sp³-hybridized carbons (Fsp3) is 1.00. The number of hydrogen-bond acceptors (Lipinski definition) is 1. The molecule has 1 heteroatoms. The number of nitrogens with one attached hydrogen (secondary N) is 1. The summed E-state index contributed by atoms with van der Waals surface area (Å²) in [6, 6.07) is 0.953. The Balaban J connectivity index is 1.95. The van der Waals surface area contributed by atoms with E-state index in [0.717, 1.165) is 12.0 Å². The maximum atomic E-state index is 3.46. The molecule has 1 unspecified atom stereocenters. The molecule has 2 fully saturated rings. The molecule has 1 aliphatic carbocycles. The summed E-state index contributed by atoms with van der Waals surface area (Å²) in [5.41, 5.74) is 0. The maximum absolute atomic E-state index is 3.46. The van der Waals surface area contributed by atoms with Crippen LogP contribution in [0.2, 0.25) is 0 Å². The minimum Gasteiger partial charge on any atom is -0.314 e. The molecule has 0 aromatic carbocycles. The van der Waals surface area contributed by atoms with Gasteiger partial charge < -0.3 is 5.32 Å². The molecule has 0 radical (unpaired) electrons. The van der Waals surface area contributed by atoms with Gasteiger partial charge in [0.25, 0.3) is 0 Å². The van der Waals surface area contributed by atoms with Crippen molar-refractivity contribution in [2.75, 3.05) is 6.54 Å². The van der Waals surface area contributed by atoms with E-state index in [9.17, 15) is 0 Å². The van der Waals surface area contributed by atoms with E-state index in [1.807, 2.05) is 0 Å². The van der Waals surface area contributed by atoms with E-state index < -0.39 is 0 Å². The highest BCUT2D eigenvalue weighted by Gasteiger charge is 2.37. The molecule has 0 bridgehead atoms. The zero-order chi connectivity index (χ0) is 4.69. The molecule has 0 aromatic rings. The first kappa shape index (κ1) is 3.90. The molecule has 0 spiro atoms. The van der Waals surface area contributed by atoms with Gasteiger partial charge in [-0.05, 0) is 31.7 Å². The molecule has 1 N–H and O–H groups in total. The highest BCUT2D eigenvalue weighted by atomic mass is 15.0. The lowest BCUT2D eigenvalue weighted by molar-refractivity contribution is 0.505. The topological polar surface area (TPSA) is 12.0 Å². The summed E-state index contributed by atoms with van der Waals surface area (Å²) in [7, 11) is 0. The second-order valence-corrected chi connectivity index (χ2v) is 2.70. The van der Waals surface area contributed by atoms with Crippen LogP contribution in [0.3, 0.4) is 0 Å². The largest absolute Gasteiger partial charge is 0.314 e. The molecule has 2 rings (SSSR count). The zero-order valence-electron chi connectivity index (χ0n) is 4.48. The standard InChI is InChI=1S/C6H11N/c1-2-5-4-6(5)7-3-1/h5-7H,1-4H2/t5?,6-/m0/s1. The summed E-state index contributed by atoms with van der Waals surface area (Å²) < 4.78 is 0. The van der Waals surface area contributed by atoms with Crippen LogP contribution in [0, 0.1) is 5.92 Å². The molecule has 1 saturated heterocycles. The van der Waals surface area contributed by atoms with Crippen molar-refractivity contribution in [1.82, 2.24) is 5.32 Å². The summed E-state index contributed by atoms with van der Waals surface area (Å²) in [4.78, 5) is 0. The second-order valence-electron chi connectivity index (χ2n) is 2.70. The summed E-state index contributed by atoms with van der Waals surface area (Å²) in [6.07, 6.45) is 4.39. The molecular formula is C6H11N. The molecule has 7 heavy (non-hydrogen) atoms. The minimum absolute atomic E-state index is 0.953. The van der Waals surface area contributed by atoms with E-state index in [1.165, 1.54) is 25.8 Å². The lowest BCUT2D eigenvalue weighted by atomic mass is 10.2. The van der Waals surface area contributed by atoms with Gasteiger partial charge in [-0.15, -0.1) is 0 Å². The predicted molar refractivity (Wildman–Crippen MR) is 29.1 cm³/mol. The first-order valence-electron chi connectivity index (χ1n) is 3.20. The third-order valence-corrected chi connectivity index (χ3v) is 2.08. The van der Waals surface area contributed by atoms with Gasteiger partial charge in [0.05, 0.1) is 0 Å². The predicted octanol–water partition coefficient (Wildman–Crippen LogP) is 0.758. The van der Waals surface area contributed by atoms with Crippen LogP contribution in [-0.4, -0.2) is 12.6 Å². The molecule has 0 amide bonds. The van der Waals surface area contributed by atoms with Gasteiger partial charge in [0.1, 0.15) is 0 Å². The van der Waals surface area contributed by atoms with Crippen LogP contribution in [0.15, 0.2) is 0 Å². The Hall–Kier alpha value is -0.0400. The lowest BCUT2D eigenvalue weighted by Crippen LogP contribution is -2.23. The summed E-state index contributed by atoms with van der Waals surface area (Å²) in [5.74, 6) is 1.09. The zero-order valence-corrected chi connectivity index (χ0v) is 4.48. The Kier molecular flexibility index (Phi) is 0.680. The van der Waals surface area contributed by atoms with Crippen molar-refractivity contribution in [1.29, 1.82) is 0 Å². The van der Waals surface area contributed by atoms with Crippen LogP contribution in [0.5, 0.6) is 0 Å². The molecule has 1 nitrogen and oxygen atoms in total. The first-order chi connectivity index (χ1) is 3.47. The molecular weight excluding hydrogens is 86.1 g/mol. The van der Waals surface area contributed by atoms with Crippen LogP contribution >= 0.6 is 0 Å². The van der Waals surface area contributed by atoms with E-state index in [1.54, 1.807) is 0 Å². The van der Waals surface area contributed by atoms with Gasteiger partial charge in [0, 0.05) is 6.04 Å². The first-order valence-corrected chi connectivity index (χ1v) is 3.20. The Morgan fingerprint density at radius 3 is 3.00 bits per heavy atom. The van der Waals surface area contributed by atoms with Gasteiger partial charge in [-0.3, -0.25) is 0 Å². The van der Waals surface area contributed by atoms with Crippen LogP contribution in [0.4, 0.5) is 0 Å². The van der Waals surface area contributed by atoms with Crippen LogP contribution in [-0.2, 0) is 0 Å². The fourth-order valence-corrected chi connectivity index (χ4v) is 1.47. The number of piperidine rings is 1. The average Bonchev–Trinajstić information content (AvgIpc) is 2.41. The summed E-state index contributed by atoms with van der Waals surface area (Å²) in [5, 5.41) is 3.46. The number of fused-ring (bicyclic) bond motifs is 1. The van der Waals surface area contributed by atoms with Gasteiger partial charge in [0.15, 0.2) is 0 Å².